The Kier molecular flexibility index (Phi) is 4.48. The number of rotatable bonds is 5. The SMILES string of the molecule is CCC(C)(O)COc1ccc(C(C)O)c(F)c1. The predicted molar refractivity (Wildman–Crippen MR) is 63.4 cm³/mol. The van der Waals surface area contributed by atoms with Gasteiger partial charge in [-0.15, -0.1) is 0 Å². The van der Waals surface area contributed by atoms with Crippen LogP contribution in [-0.2, 0) is 0 Å². The summed E-state index contributed by atoms with van der Waals surface area (Å²) in [6.45, 7) is 5.12. The van der Waals surface area contributed by atoms with E-state index in [0.717, 1.165) is 0 Å². The Morgan fingerprint density at radius 2 is 2.12 bits per heavy atom. The Morgan fingerprint density at radius 3 is 2.59 bits per heavy atom. The Bertz CT molecular complexity index is 375. The highest BCUT2D eigenvalue weighted by Crippen LogP contribution is 2.22. The van der Waals surface area contributed by atoms with Crippen molar-refractivity contribution in [2.45, 2.75) is 38.9 Å². The number of ether oxygens (including phenoxy) is 1. The molecule has 1 aromatic rings. The second-order valence-corrected chi connectivity index (χ2v) is 4.50. The van der Waals surface area contributed by atoms with Crippen LogP contribution >= 0.6 is 0 Å². The first-order valence-corrected chi connectivity index (χ1v) is 5.68. The van der Waals surface area contributed by atoms with Crippen molar-refractivity contribution in [3.05, 3.63) is 29.6 Å². The molecule has 0 amide bonds. The fourth-order valence-corrected chi connectivity index (χ4v) is 1.28. The lowest BCUT2D eigenvalue weighted by atomic mass is 10.1. The summed E-state index contributed by atoms with van der Waals surface area (Å²) in [7, 11) is 0. The first-order valence-electron chi connectivity index (χ1n) is 5.68. The quantitative estimate of drug-likeness (QED) is 0.833. The standard InChI is InChI=1S/C13H19FO3/c1-4-13(3,16)8-17-10-5-6-11(9(2)15)12(14)7-10/h5-7,9,15-16H,4,8H2,1-3H3. The predicted octanol–water partition coefficient (Wildman–Crippen LogP) is 2.42. The van der Waals surface area contributed by atoms with Gasteiger partial charge in [0.05, 0.1) is 11.7 Å². The second-order valence-electron chi connectivity index (χ2n) is 4.50. The largest absolute Gasteiger partial charge is 0.491 e. The molecule has 2 atom stereocenters. The third kappa shape index (κ3) is 3.98. The summed E-state index contributed by atoms with van der Waals surface area (Å²) < 4.78 is 18.8. The molecule has 3 nitrogen and oxygen atoms in total. The van der Waals surface area contributed by atoms with Gasteiger partial charge in [0, 0.05) is 11.6 Å². The molecule has 4 heteroatoms. The van der Waals surface area contributed by atoms with Gasteiger partial charge in [0.25, 0.3) is 0 Å². The molecule has 0 aromatic heterocycles. The summed E-state index contributed by atoms with van der Waals surface area (Å²) in [6.07, 6.45) is -0.288. The van der Waals surface area contributed by atoms with Gasteiger partial charge in [0.1, 0.15) is 18.2 Å². The van der Waals surface area contributed by atoms with Crippen LogP contribution in [0.4, 0.5) is 4.39 Å². The third-order valence-corrected chi connectivity index (χ3v) is 2.73. The summed E-state index contributed by atoms with van der Waals surface area (Å²) in [5.74, 6) is -0.158. The Balaban J connectivity index is 2.71. The summed E-state index contributed by atoms with van der Waals surface area (Å²) in [5, 5.41) is 19.0. The van der Waals surface area contributed by atoms with Crippen LogP contribution in [0.2, 0.25) is 0 Å². The first-order chi connectivity index (χ1) is 7.85. The maximum Gasteiger partial charge on any atom is 0.132 e. The van der Waals surface area contributed by atoms with Crippen LogP contribution in [0.5, 0.6) is 5.75 Å². The molecule has 0 saturated carbocycles. The molecule has 2 N–H and O–H groups in total. The van der Waals surface area contributed by atoms with E-state index in [-0.39, 0.29) is 12.2 Å². The van der Waals surface area contributed by atoms with Crippen LogP contribution in [-0.4, -0.2) is 22.4 Å². The third-order valence-electron chi connectivity index (χ3n) is 2.73. The molecule has 0 heterocycles. The summed E-state index contributed by atoms with van der Waals surface area (Å²) in [4.78, 5) is 0. The molecule has 2 unspecified atom stereocenters. The molecule has 96 valence electrons. The molecule has 0 aliphatic carbocycles. The van der Waals surface area contributed by atoms with Crippen LogP contribution in [0.25, 0.3) is 0 Å². The van der Waals surface area contributed by atoms with Crippen molar-refractivity contribution in [1.82, 2.24) is 0 Å². The van der Waals surface area contributed by atoms with Gasteiger partial charge >= 0.3 is 0 Å². The van der Waals surface area contributed by atoms with Gasteiger partial charge in [-0.25, -0.2) is 4.39 Å². The van der Waals surface area contributed by atoms with E-state index in [1.165, 1.54) is 19.1 Å². The maximum atomic E-state index is 13.5. The molecule has 1 rings (SSSR count). The van der Waals surface area contributed by atoms with Crippen molar-refractivity contribution in [2.75, 3.05) is 6.61 Å². The molecule has 0 aliphatic rings. The smallest absolute Gasteiger partial charge is 0.132 e. The number of hydrogen-bond acceptors (Lipinski definition) is 3. The minimum absolute atomic E-state index is 0.108. The van der Waals surface area contributed by atoms with E-state index >= 15 is 0 Å². The van der Waals surface area contributed by atoms with Gasteiger partial charge in [-0.05, 0) is 32.4 Å². The topological polar surface area (TPSA) is 49.7 Å². The van der Waals surface area contributed by atoms with Crippen LogP contribution in [0.15, 0.2) is 18.2 Å². The van der Waals surface area contributed by atoms with E-state index in [1.54, 1.807) is 13.0 Å². The Hall–Kier alpha value is -1.13. The van der Waals surface area contributed by atoms with Crippen molar-refractivity contribution in [3.63, 3.8) is 0 Å². The van der Waals surface area contributed by atoms with E-state index in [4.69, 9.17) is 4.74 Å². The molecule has 1 aromatic carbocycles. The van der Waals surface area contributed by atoms with Crippen molar-refractivity contribution >= 4 is 0 Å². The van der Waals surface area contributed by atoms with Gasteiger partial charge in [-0.2, -0.15) is 0 Å². The van der Waals surface area contributed by atoms with Crippen LogP contribution in [0.3, 0.4) is 0 Å². The minimum atomic E-state index is -0.917. The van der Waals surface area contributed by atoms with Crippen molar-refractivity contribution in [3.8, 4) is 5.75 Å². The average Bonchev–Trinajstić information content (AvgIpc) is 2.26. The second kappa shape index (κ2) is 5.47. The van der Waals surface area contributed by atoms with E-state index in [0.29, 0.717) is 12.2 Å². The summed E-state index contributed by atoms with van der Waals surface area (Å²) in [5.41, 5.74) is -0.682. The number of aliphatic hydroxyl groups excluding tert-OH is 1. The molecule has 0 saturated heterocycles. The monoisotopic (exact) mass is 242 g/mol. The number of benzene rings is 1. The van der Waals surface area contributed by atoms with Gasteiger partial charge in [0.2, 0.25) is 0 Å². The summed E-state index contributed by atoms with van der Waals surface area (Å²) in [6, 6.07) is 4.28. The normalized spacial score (nSPS) is 16.4. The van der Waals surface area contributed by atoms with Gasteiger partial charge in [0.15, 0.2) is 0 Å². The van der Waals surface area contributed by atoms with Gasteiger partial charge in [-0.1, -0.05) is 6.92 Å². The Morgan fingerprint density at radius 1 is 1.47 bits per heavy atom. The molecule has 0 aliphatic heterocycles. The van der Waals surface area contributed by atoms with E-state index in [2.05, 4.69) is 0 Å². The number of hydrogen-bond donors (Lipinski definition) is 2. The fourth-order valence-electron chi connectivity index (χ4n) is 1.28. The fraction of sp³-hybridized carbons (Fsp3) is 0.538. The Labute approximate surface area is 101 Å². The molecule has 0 spiro atoms. The molecule has 17 heavy (non-hydrogen) atoms. The lowest BCUT2D eigenvalue weighted by Crippen LogP contribution is -2.31. The molecule has 0 radical (unpaired) electrons. The van der Waals surface area contributed by atoms with E-state index in [9.17, 15) is 14.6 Å². The van der Waals surface area contributed by atoms with Gasteiger partial charge in [-0.3, -0.25) is 0 Å². The zero-order chi connectivity index (χ0) is 13.1. The van der Waals surface area contributed by atoms with Crippen LogP contribution in [0.1, 0.15) is 38.9 Å². The zero-order valence-corrected chi connectivity index (χ0v) is 10.4. The van der Waals surface area contributed by atoms with Gasteiger partial charge < -0.3 is 14.9 Å². The average molecular weight is 242 g/mol. The number of aliphatic hydroxyl groups is 2. The molecule has 0 fully saturated rings. The van der Waals surface area contributed by atoms with Crippen LogP contribution < -0.4 is 4.74 Å². The highest BCUT2D eigenvalue weighted by atomic mass is 19.1. The van der Waals surface area contributed by atoms with E-state index in [1.807, 2.05) is 6.92 Å². The molecular weight excluding hydrogens is 223 g/mol. The minimum Gasteiger partial charge on any atom is -0.491 e. The highest BCUT2D eigenvalue weighted by Gasteiger charge is 2.18. The van der Waals surface area contributed by atoms with Crippen molar-refractivity contribution < 1.29 is 19.3 Å². The van der Waals surface area contributed by atoms with Crippen molar-refractivity contribution in [1.29, 1.82) is 0 Å². The molecular formula is C13H19FO3. The number of halogens is 1. The van der Waals surface area contributed by atoms with E-state index < -0.39 is 17.5 Å². The molecule has 0 bridgehead atoms. The first kappa shape index (κ1) is 13.9. The highest BCUT2D eigenvalue weighted by molar-refractivity contribution is 5.30. The maximum absolute atomic E-state index is 13.5. The van der Waals surface area contributed by atoms with Crippen molar-refractivity contribution in [2.24, 2.45) is 0 Å². The zero-order valence-electron chi connectivity index (χ0n) is 10.4. The lowest BCUT2D eigenvalue weighted by Gasteiger charge is -2.21. The lowest BCUT2D eigenvalue weighted by molar-refractivity contribution is 0.00834. The van der Waals surface area contributed by atoms with Crippen LogP contribution in [0, 0.1) is 5.82 Å². The summed E-state index contributed by atoms with van der Waals surface area (Å²) >= 11 is 0.